The van der Waals surface area contributed by atoms with Gasteiger partial charge in [0.05, 0.1) is 19.8 Å². The Hall–Kier alpha value is -3.49. The minimum atomic E-state index is -5.10. The van der Waals surface area contributed by atoms with E-state index in [1.165, 1.54) is 25.4 Å². The number of Topliss-reactive ketones (excluding diaryl/α,β-unsaturated/α-hetero) is 1. The Morgan fingerprint density at radius 1 is 1.12 bits per heavy atom. The smallest absolute Gasteiger partial charge is 0.471 e. The number of hydrogen-bond acceptors (Lipinski definition) is 5. The van der Waals surface area contributed by atoms with E-state index in [1.54, 1.807) is 13.0 Å². The third kappa shape index (κ3) is 4.56. The molecule has 32 heavy (non-hydrogen) atoms. The molecule has 0 aromatic heterocycles. The maximum atomic E-state index is 13.1. The summed E-state index contributed by atoms with van der Waals surface area (Å²) in [6, 6.07) is 7.03. The monoisotopic (exact) mass is 448 g/mol. The number of methoxy groups -OCH3 is 1. The zero-order chi connectivity index (χ0) is 23.6. The predicted molar refractivity (Wildman–Crippen MR) is 113 cm³/mol. The summed E-state index contributed by atoms with van der Waals surface area (Å²) in [5, 5.41) is 4.88. The Kier molecular flexibility index (Phi) is 6.47. The van der Waals surface area contributed by atoms with Crippen molar-refractivity contribution in [3.05, 3.63) is 64.4 Å². The highest BCUT2D eigenvalue weighted by Crippen LogP contribution is 2.42. The molecule has 2 aromatic rings. The van der Waals surface area contributed by atoms with E-state index in [9.17, 15) is 22.8 Å². The van der Waals surface area contributed by atoms with Gasteiger partial charge in [-0.1, -0.05) is 6.07 Å². The third-order valence-electron chi connectivity index (χ3n) is 5.20. The fourth-order valence-electron chi connectivity index (χ4n) is 3.40. The van der Waals surface area contributed by atoms with Crippen LogP contribution in [0, 0.1) is 13.8 Å². The van der Waals surface area contributed by atoms with Crippen LogP contribution in [0.1, 0.15) is 40.0 Å². The number of hydrogen-bond donors (Lipinski definition) is 2. The summed E-state index contributed by atoms with van der Waals surface area (Å²) in [6.07, 6.45) is -3.78. The number of aryl methyl sites for hydroxylation is 2. The first kappa shape index (κ1) is 23.2. The number of amides is 1. The lowest BCUT2D eigenvalue weighted by Gasteiger charge is -2.18. The molecule has 2 N–H and O–H groups in total. The molecule has 1 amide bonds. The number of rotatable bonds is 6. The van der Waals surface area contributed by atoms with Gasteiger partial charge in [-0.3, -0.25) is 9.59 Å². The van der Waals surface area contributed by atoms with E-state index in [1.807, 2.05) is 31.3 Å². The number of benzene rings is 2. The number of carbonyl (C=O) groups excluding carboxylic acids is 2. The SMILES string of the molecule is CCOc1cc2c(cc1OC)C(NC(=O)C(F)(F)F)C(=CNc1ccc(C)c(C)c1)C2=O. The standard InChI is InChI=1S/C23H23F3N2O4/c1-5-32-19-10-16-15(9-18(19)31-4)20(28-22(30)23(24,25)26)17(21(16)29)11-27-14-7-6-12(2)13(3)8-14/h6-11,20,27H,5H2,1-4H3,(H,28,30). The number of carbonyl (C=O) groups is 2. The van der Waals surface area contributed by atoms with Crippen LogP contribution in [0.25, 0.3) is 0 Å². The molecule has 9 heteroatoms. The van der Waals surface area contributed by atoms with Crippen molar-refractivity contribution in [3.8, 4) is 11.5 Å². The summed E-state index contributed by atoms with van der Waals surface area (Å²) >= 11 is 0. The van der Waals surface area contributed by atoms with Crippen LogP contribution in [0.3, 0.4) is 0 Å². The van der Waals surface area contributed by atoms with Crippen LogP contribution in [-0.4, -0.2) is 31.6 Å². The molecule has 0 heterocycles. The maximum Gasteiger partial charge on any atom is 0.471 e. The Morgan fingerprint density at radius 2 is 1.84 bits per heavy atom. The van der Waals surface area contributed by atoms with Crippen LogP contribution in [0.2, 0.25) is 0 Å². The maximum absolute atomic E-state index is 13.1. The number of anilines is 1. The van der Waals surface area contributed by atoms with Crippen molar-refractivity contribution in [3.63, 3.8) is 0 Å². The van der Waals surface area contributed by atoms with Gasteiger partial charge in [-0.2, -0.15) is 13.2 Å². The molecule has 1 aliphatic carbocycles. The Morgan fingerprint density at radius 3 is 2.44 bits per heavy atom. The minimum absolute atomic E-state index is 0.0356. The quantitative estimate of drug-likeness (QED) is 0.631. The molecular formula is C23H23F3N2O4. The molecule has 1 unspecified atom stereocenters. The number of halogens is 3. The van der Waals surface area contributed by atoms with Gasteiger partial charge in [0.15, 0.2) is 17.3 Å². The van der Waals surface area contributed by atoms with Crippen molar-refractivity contribution < 1.29 is 32.2 Å². The summed E-state index contributed by atoms with van der Waals surface area (Å²) in [5.74, 6) is -2.14. The topological polar surface area (TPSA) is 76.7 Å². The van der Waals surface area contributed by atoms with E-state index in [4.69, 9.17) is 9.47 Å². The van der Waals surface area contributed by atoms with Gasteiger partial charge in [-0.25, -0.2) is 0 Å². The van der Waals surface area contributed by atoms with Crippen molar-refractivity contribution in [2.45, 2.75) is 33.0 Å². The highest BCUT2D eigenvalue weighted by molar-refractivity contribution is 6.15. The highest BCUT2D eigenvalue weighted by Gasteiger charge is 2.44. The van der Waals surface area contributed by atoms with Gasteiger partial charge < -0.3 is 20.1 Å². The number of ketones is 1. The minimum Gasteiger partial charge on any atom is -0.493 e. The van der Waals surface area contributed by atoms with Gasteiger partial charge in [-0.15, -0.1) is 0 Å². The molecular weight excluding hydrogens is 425 g/mol. The van der Waals surface area contributed by atoms with E-state index >= 15 is 0 Å². The van der Waals surface area contributed by atoms with Gasteiger partial charge in [0.1, 0.15) is 0 Å². The molecule has 0 fully saturated rings. The number of ether oxygens (including phenoxy) is 2. The second-order valence-corrected chi connectivity index (χ2v) is 7.30. The fourth-order valence-corrected chi connectivity index (χ4v) is 3.40. The van der Waals surface area contributed by atoms with Crippen molar-refractivity contribution in [1.82, 2.24) is 5.32 Å². The van der Waals surface area contributed by atoms with Crippen LogP contribution in [-0.2, 0) is 4.79 Å². The highest BCUT2D eigenvalue weighted by atomic mass is 19.4. The van der Waals surface area contributed by atoms with Gasteiger partial charge in [0, 0.05) is 23.0 Å². The van der Waals surface area contributed by atoms with Crippen LogP contribution >= 0.6 is 0 Å². The van der Waals surface area contributed by atoms with E-state index in [2.05, 4.69) is 5.32 Å². The number of nitrogens with one attached hydrogen (secondary N) is 2. The third-order valence-corrected chi connectivity index (χ3v) is 5.20. The zero-order valence-electron chi connectivity index (χ0n) is 18.0. The van der Waals surface area contributed by atoms with Crippen LogP contribution in [0.5, 0.6) is 11.5 Å². The van der Waals surface area contributed by atoms with E-state index < -0.39 is 23.9 Å². The van der Waals surface area contributed by atoms with Crippen LogP contribution < -0.4 is 20.1 Å². The zero-order valence-corrected chi connectivity index (χ0v) is 18.0. The lowest BCUT2D eigenvalue weighted by Crippen LogP contribution is -2.39. The van der Waals surface area contributed by atoms with E-state index in [0.717, 1.165) is 11.1 Å². The van der Waals surface area contributed by atoms with Crippen molar-refractivity contribution in [2.24, 2.45) is 0 Å². The molecule has 170 valence electrons. The lowest BCUT2D eigenvalue weighted by atomic mass is 10.1. The molecule has 1 atom stereocenters. The molecule has 1 aliphatic rings. The summed E-state index contributed by atoms with van der Waals surface area (Å²) in [5.41, 5.74) is 3.01. The average Bonchev–Trinajstić information content (AvgIpc) is 2.98. The second kappa shape index (κ2) is 8.94. The molecule has 6 nitrogen and oxygen atoms in total. The van der Waals surface area contributed by atoms with Gasteiger partial charge in [0.25, 0.3) is 0 Å². The Balaban J connectivity index is 2.05. The van der Waals surface area contributed by atoms with Crippen LogP contribution in [0.4, 0.5) is 18.9 Å². The van der Waals surface area contributed by atoms with Gasteiger partial charge >= 0.3 is 12.1 Å². The summed E-state index contributed by atoms with van der Waals surface area (Å²) in [7, 11) is 1.38. The normalized spacial score (nSPS) is 16.7. The van der Waals surface area contributed by atoms with Crippen molar-refractivity contribution >= 4 is 17.4 Å². The van der Waals surface area contributed by atoms with Gasteiger partial charge in [-0.05, 0) is 61.7 Å². The van der Waals surface area contributed by atoms with E-state index in [-0.39, 0.29) is 28.2 Å². The van der Waals surface area contributed by atoms with Crippen LogP contribution in [0.15, 0.2) is 42.1 Å². The first-order valence-electron chi connectivity index (χ1n) is 9.87. The lowest BCUT2D eigenvalue weighted by molar-refractivity contribution is -0.174. The molecule has 0 saturated carbocycles. The van der Waals surface area contributed by atoms with Crippen molar-refractivity contribution in [2.75, 3.05) is 19.0 Å². The summed E-state index contributed by atoms with van der Waals surface area (Å²) in [6.45, 7) is 5.91. The average molecular weight is 448 g/mol. The Bertz CT molecular complexity index is 1090. The number of fused-ring (bicyclic) bond motifs is 1. The second-order valence-electron chi connectivity index (χ2n) is 7.30. The Labute approximate surface area is 183 Å². The molecule has 2 aromatic carbocycles. The summed E-state index contributed by atoms with van der Waals surface area (Å²) < 4.78 is 49.7. The molecule has 0 aliphatic heterocycles. The number of alkyl halides is 3. The molecule has 0 saturated heterocycles. The largest absolute Gasteiger partial charge is 0.493 e. The first-order chi connectivity index (χ1) is 15.1. The molecule has 0 radical (unpaired) electrons. The molecule has 3 rings (SSSR count). The predicted octanol–water partition coefficient (Wildman–Crippen LogP) is 4.62. The van der Waals surface area contributed by atoms with Crippen molar-refractivity contribution in [1.29, 1.82) is 0 Å². The van der Waals surface area contributed by atoms with Gasteiger partial charge in [0.2, 0.25) is 0 Å². The summed E-state index contributed by atoms with van der Waals surface area (Å²) in [4.78, 5) is 24.8. The molecule has 0 spiro atoms. The van der Waals surface area contributed by atoms with E-state index in [0.29, 0.717) is 12.3 Å². The first-order valence-corrected chi connectivity index (χ1v) is 9.87. The fraction of sp³-hybridized carbons (Fsp3) is 0.304. The molecule has 0 bridgehead atoms.